The molecule has 7 heteroatoms. The Labute approximate surface area is 246 Å². The van der Waals surface area contributed by atoms with Crippen LogP contribution < -0.4 is 11.0 Å². The van der Waals surface area contributed by atoms with E-state index in [2.05, 4.69) is 48.2 Å². The number of hydrogen-bond donors (Lipinski definition) is 3. The van der Waals surface area contributed by atoms with E-state index >= 15 is 0 Å². The minimum absolute atomic E-state index is 0.0532. The van der Waals surface area contributed by atoms with Crippen LogP contribution in [0.2, 0.25) is 0 Å². The monoisotopic (exact) mass is 567 g/mol. The lowest BCUT2D eigenvalue weighted by Crippen LogP contribution is -2.37. The number of nitrogens with one attached hydrogen (secondary N) is 3. The number of ether oxygens (including phenoxy) is 1. The molecule has 0 spiro atoms. The molecule has 42 heavy (non-hydrogen) atoms. The van der Waals surface area contributed by atoms with Gasteiger partial charge in [0.05, 0.1) is 23.2 Å². The molecule has 1 aliphatic heterocycles. The molecule has 3 N–H and O–H groups in total. The van der Waals surface area contributed by atoms with Gasteiger partial charge in [0, 0.05) is 29.3 Å². The maximum atomic E-state index is 14.2. The molecule has 0 saturated heterocycles. The zero-order valence-corrected chi connectivity index (χ0v) is 25.1. The van der Waals surface area contributed by atoms with Crippen molar-refractivity contribution in [3.63, 3.8) is 0 Å². The first-order chi connectivity index (χ1) is 20.2. The highest BCUT2D eigenvalue weighted by molar-refractivity contribution is 6.04. The molecular weight excluding hydrogens is 526 g/mol. The summed E-state index contributed by atoms with van der Waals surface area (Å²) in [6, 6.07) is 10.1. The fourth-order valence-corrected chi connectivity index (χ4v) is 7.85. The third kappa shape index (κ3) is 5.25. The molecule has 2 atom stereocenters. The van der Waals surface area contributed by atoms with Crippen molar-refractivity contribution in [1.82, 2.24) is 15.3 Å². The molecule has 6 rings (SSSR count). The molecule has 2 heterocycles. The zero-order chi connectivity index (χ0) is 29.5. The summed E-state index contributed by atoms with van der Waals surface area (Å²) in [6.45, 7) is 8.45. The van der Waals surface area contributed by atoms with Crippen molar-refractivity contribution in [2.75, 3.05) is 6.61 Å². The van der Waals surface area contributed by atoms with Gasteiger partial charge in [-0.1, -0.05) is 49.4 Å². The SMILES string of the molecule is CCOC(=O)C1=C(CCC2CCCC2)NC2=C(C(=O)CC(c3c(C)cc(C)cc3C)C2)C1c1ccc2[nH]c(=O)[nH]c2c1. The first-order valence-electron chi connectivity index (χ1n) is 15.5. The van der Waals surface area contributed by atoms with E-state index in [4.69, 9.17) is 4.74 Å². The van der Waals surface area contributed by atoms with E-state index in [1.165, 1.54) is 47.9 Å². The Morgan fingerprint density at radius 1 is 0.952 bits per heavy atom. The lowest BCUT2D eigenvalue weighted by Gasteiger charge is -2.38. The van der Waals surface area contributed by atoms with Gasteiger partial charge in [0.1, 0.15) is 0 Å². The Kier molecular flexibility index (Phi) is 7.69. The fraction of sp³-hybridized carbons (Fsp3) is 0.457. The molecule has 1 aromatic heterocycles. The van der Waals surface area contributed by atoms with Gasteiger partial charge < -0.3 is 20.0 Å². The number of aromatic amines is 2. The predicted molar refractivity (Wildman–Crippen MR) is 164 cm³/mol. The number of Topliss-reactive ketones (excluding diaryl/α,β-unsaturated/α-hetero) is 1. The zero-order valence-electron chi connectivity index (χ0n) is 25.1. The topological polar surface area (TPSA) is 104 Å². The van der Waals surface area contributed by atoms with Crippen molar-refractivity contribution in [2.45, 2.75) is 90.9 Å². The number of fused-ring (bicyclic) bond motifs is 1. The second-order valence-electron chi connectivity index (χ2n) is 12.5. The maximum absolute atomic E-state index is 14.2. The molecule has 2 unspecified atom stereocenters. The number of ketones is 1. The van der Waals surface area contributed by atoms with Crippen LogP contribution in [0.1, 0.15) is 97.9 Å². The summed E-state index contributed by atoms with van der Waals surface area (Å²) in [5, 5.41) is 3.66. The van der Waals surface area contributed by atoms with Crippen LogP contribution in [0.3, 0.4) is 0 Å². The van der Waals surface area contributed by atoms with E-state index in [9.17, 15) is 14.4 Å². The summed E-state index contributed by atoms with van der Waals surface area (Å²) in [5.41, 5.74) is 9.74. The van der Waals surface area contributed by atoms with Crippen LogP contribution in [0.5, 0.6) is 0 Å². The van der Waals surface area contributed by atoms with Gasteiger partial charge in [-0.15, -0.1) is 0 Å². The first kappa shape index (κ1) is 28.3. The third-order valence-corrected chi connectivity index (χ3v) is 9.50. The molecule has 3 aliphatic rings. The smallest absolute Gasteiger partial charge is 0.336 e. The van der Waals surface area contributed by atoms with Crippen LogP contribution in [0.4, 0.5) is 0 Å². The standard InChI is InChI=1S/C35H41N3O4/c1-5-42-34(40)33-26(12-10-22-8-6-7-9-22)36-28-17-24(30-20(3)14-19(2)15-21(30)4)18-29(39)32(28)31(33)23-11-13-25-27(16-23)38-35(41)37-25/h11,13-16,22,24,31,36H,5-10,12,17-18H2,1-4H3,(H2,37,38,41). The minimum Gasteiger partial charge on any atom is -0.463 e. The molecule has 0 bridgehead atoms. The van der Waals surface area contributed by atoms with Crippen LogP contribution >= 0.6 is 0 Å². The number of benzene rings is 2. The molecular formula is C35H41N3O4. The Hall–Kier alpha value is -3.87. The maximum Gasteiger partial charge on any atom is 0.336 e. The molecule has 220 valence electrons. The number of allylic oxidation sites excluding steroid dienone is 3. The van der Waals surface area contributed by atoms with Crippen LogP contribution in [-0.4, -0.2) is 28.3 Å². The number of carbonyl (C=O) groups is 2. The number of carbonyl (C=O) groups excluding carboxylic acids is 2. The highest BCUT2D eigenvalue weighted by atomic mass is 16.5. The number of rotatable bonds is 7. The van der Waals surface area contributed by atoms with Crippen LogP contribution in [0.15, 0.2) is 57.7 Å². The third-order valence-electron chi connectivity index (χ3n) is 9.50. The van der Waals surface area contributed by atoms with E-state index in [-0.39, 0.29) is 30.0 Å². The van der Waals surface area contributed by atoms with Crippen LogP contribution in [0, 0.1) is 26.7 Å². The van der Waals surface area contributed by atoms with E-state index in [1.807, 2.05) is 25.1 Å². The van der Waals surface area contributed by atoms with E-state index in [0.717, 1.165) is 29.8 Å². The van der Waals surface area contributed by atoms with Gasteiger partial charge in [0.2, 0.25) is 0 Å². The number of imidazole rings is 1. The molecule has 7 nitrogen and oxygen atoms in total. The number of hydrogen-bond acceptors (Lipinski definition) is 5. The fourth-order valence-electron chi connectivity index (χ4n) is 7.85. The number of H-pyrrole nitrogens is 2. The number of aryl methyl sites for hydroxylation is 3. The van der Waals surface area contributed by atoms with Crippen LogP contribution in [-0.2, 0) is 14.3 Å². The van der Waals surface area contributed by atoms with Crippen molar-refractivity contribution >= 4 is 22.8 Å². The predicted octanol–water partition coefficient (Wildman–Crippen LogP) is 6.66. The number of esters is 1. The van der Waals surface area contributed by atoms with Gasteiger partial charge in [-0.05, 0) is 93.2 Å². The largest absolute Gasteiger partial charge is 0.463 e. The first-order valence-corrected chi connectivity index (χ1v) is 15.5. The molecule has 0 amide bonds. The quantitative estimate of drug-likeness (QED) is 0.277. The normalized spacial score (nSPS) is 21.2. The van der Waals surface area contributed by atoms with Crippen molar-refractivity contribution in [2.24, 2.45) is 5.92 Å². The lowest BCUT2D eigenvalue weighted by atomic mass is 9.70. The van der Waals surface area contributed by atoms with Gasteiger partial charge in [-0.25, -0.2) is 9.59 Å². The van der Waals surface area contributed by atoms with Gasteiger partial charge in [-0.2, -0.15) is 0 Å². The molecule has 1 saturated carbocycles. The minimum atomic E-state index is -0.560. The van der Waals surface area contributed by atoms with Gasteiger partial charge in [0.15, 0.2) is 5.78 Å². The summed E-state index contributed by atoms with van der Waals surface area (Å²) >= 11 is 0. The summed E-state index contributed by atoms with van der Waals surface area (Å²) < 4.78 is 5.64. The molecule has 1 fully saturated rings. The van der Waals surface area contributed by atoms with Gasteiger partial charge >= 0.3 is 11.7 Å². The van der Waals surface area contributed by atoms with Crippen molar-refractivity contribution < 1.29 is 14.3 Å². The summed E-state index contributed by atoms with van der Waals surface area (Å²) in [4.78, 5) is 45.6. The Balaban J connectivity index is 1.48. The number of aromatic nitrogens is 2. The highest BCUT2D eigenvalue weighted by Crippen LogP contribution is 2.48. The van der Waals surface area contributed by atoms with Gasteiger partial charge in [0.25, 0.3) is 0 Å². The van der Waals surface area contributed by atoms with Crippen molar-refractivity contribution in [3.8, 4) is 0 Å². The summed E-state index contributed by atoms with van der Waals surface area (Å²) in [7, 11) is 0. The number of dihydropyridines is 1. The molecule has 2 aromatic carbocycles. The Morgan fingerprint density at radius 3 is 2.38 bits per heavy atom. The van der Waals surface area contributed by atoms with E-state index in [0.29, 0.717) is 40.9 Å². The molecule has 0 radical (unpaired) electrons. The summed E-state index contributed by atoms with van der Waals surface area (Å²) in [5.74, 6) is -0.177. The lowest BCUT2D eigenvalue weighted by molar-refractivity contribution is -0.138. The Morgan fingerprint density at radius 2 is 1.67 bits per heavy atom. The van der Waals surface area contributed by atoms with Crippen LogP contribution in [0.25, 0.3) is 11.0 Å². The Bertz CT molecular complexity index is 1660. The molecule has 2 aliphatic carbocycles. The van der Waals surface area contributed by atoms with Gasteiger partial charge in [-0.3, -0.25) is 4.79 Å². The average Bonchev–Trinajstić information content (AvgIpc) is 3.59. The van der Waals surface area contributed by atoms with E-state index in [1.54, 1.807) is 0 Å². The second kappa shape index (κ2) is 11.4. The highest BCUT2D eigenvalue weighted by Gasteiger charge is 2.42. The van der Waals surface area contributed by atoms with Crippen molar-refractivity contribution in [3.05, 3.63) is 91.2 Å². The van der Waals surface area contributed by atoms with Crippen molar-refractivity contribution in [1.29, 1.82) is 0 Å². The second-order valence-corrected chi connectivity index (χ2v) is 12.5. The van der Waals surface area contributed by atoms with E-state index < -0.39 is 5.92 Å². The average molecular weight is 568 g/mol. The summed E-state index contributed by atoms with van der Waals surface area (Å²) in [6.07, 6.45) is 7.80. The molecule has 3 aromatic rings.